The first-order chi connectivity index (χ1) is 5.75. The van der Waals surface area contributed by atoms with Gasteiger partial charge in [0.2, 0.25) is 0 Å². The van der Waals surface area contributed by atoms with Gasteiger partial charge < -0.3 is 10.5 Å². The van der Waals surface area contributed by atoms with Crippen molar-refractivity contribution in [3.8, 4) is 0 Å². The Morgan fingerprint density at radius 3 is 2.75 bits per heavy atom. The molecule has 2 nitrogen and oxygen atoms in total. The standard InChI is InChI=1S/C10H17NO/c1-3-9(11)10(12-2)7-5-4-6-8-10/h4-7,9H,3,8,11H2,1-2H3. The van der Waals surface area contributed by atoms with Crippen LogP contribution < -0.4 is 5.73 Å². The van der Waals surface area contributed by atoms with Crippen LogP contribution >= 0.6 is 0 Å². The number of rotatable bonds is 3. The Bertz CT molecular complexity index is 198. The molecule has 0 heterocycles. The van der Waals surface area contributed by atoms with Gasteiger partial charge in [0, 0.05) is 13.2 Å². The zero-order chi connectivity index (χ0) is 9.03. The molecule has 12 heavy (non-hydrogen) atoms. The van der Waals surface area contributed by atoms with Crippen molar-refractivity contribution in [3.63, 3.8) is 0 Å². The fourth-order valence-electron chi connectivity index (χ4n) is 1.54. The maximum Gasteiger partial charge on any atom is 0.105 e. The summed E-state index contributed by atoms with van der Waals surface area (Å²) in [7, 11) is 1.72. The third-order valence-electron chi connectivity index (χ3n) is 2.51. The predicted molar refractivity (Wildman–Crippen MR) is 50.9 cm³/mol. The second-order valence-corrected chi connectivity index (χ2v) is 3.17. The Labute approximate surface area is 74.1 Å². The maximum atomic E-state index is 5.98. The van der Waals surface area contributed by atoms with Crippen molar-refractivity contribution >= 4 is 0 Å². The van der Waals surface area contributed by atoms with Crippen molar-refractivity contribution in [2.75, 3.05) is 7.11 Å². The zero-order valence-corrected chi connectivity index (χ0v) is 7.79. The highest BCUT2D eigenvalue weighted by atomic mass is 16.5. The molecule has 0 radical (unpaired) electrons. The highest BCUT2D eigenvalue weighted by Crippen LogP contribution is 2.25. The minimum Gasteiger partial charge on any atom is -0.372 e. The summed E-state index contributed by atoms with van der Waals surface area (Å²) in [6.45, 7) is 2.08. The number of hydrogen-bond acceptors (Lipinski definition) is 2. The van der Waals surface area contributed by atoms with Gasteiger partial charge in [-0.1, -0.05) is 31.2 Å². The fourth-order valence-corrected chi connectivity index (χ4v) is 1.54. The molecule has 0 bridgehead atoms. The maximum absolute atomic E-state index is 5.98. The largest absolute Gasteiger partial charge is 0.372 e. The lowest BCUT2D eigenvalue weighted by Gasteiger charge is -2.35. The van der Waals surface area contributed by atoms with E-state index in [4.69, 9.17) is 10.5 Å². The normalized spacial score (nSPS) is 30.6. The Hall–Kier alpha value is -0.600. The van der Waals surface area contributed by atoms with E-state index in [-0.39, 0.29) is 11.6 Å². The molecule has 2 N–H and O–H groups in total. The molecule has 2 atom stereocenters. The molecular formula is C10H17NO. The van der Waals surface area contributed by atoms with Crippen molar-refractivity contribution in [2.24, 2.45) is 5.73 Å². The van der Waals surface area contributed by atoms with E-state index in [1.807, 2.05) is 12.2 Å². The SMILES string of the molecule is CCC(N)C1(OC)C=CC=CC1. The lowest BCUT2D eigenvalue weighted by molar-refractivity contribution is 0.0109. The second-order valence-electron chi connectivity index (χ2n) is 3.17. The van der Waals surface area contributed by atoms with Gasteiger partial charge in [-0.2, -0.15) is 0 Å². The van der Waals surface area contributed by atoms with Crippen LogP contribution in [0.15, 0.2) is 24.3 Å². The van der Waals surface area contributed by atoms with Gasteiger partial charge in [-0.3, -0.25) is 0 Å². The van der Waals surface area contributed by atoms with E-state index in [9.17, 15) is 0 Å². The molecule has 0 amide bonds. The molecule has 0 fully saturated rings. The number of methoxy groups -OCH3 is 1. The van der Waals surface area contributed by atoms with Crippen LogP contribution in [0.4, 0.5) is 0 Å². The van der Waals surface area contributed by atoms with Crippen molar-refractivity contribution in [2.45, 2.75) is 31.4 Å². The van der Waals surface area contributed by atoms with Gasteiger partial charge in [0.25, 0.3) is 0 Å². The van der Waals surface area contributed by atoms with E-state index in [0.29, 0.717) is 0 Å². The Balaban J connectivity index is 2.76. The summed E-state index contributed by atoms with van der Waals surface area (Å²) in [5.41, 5.74) is 5.72. The Kier molecular flexibility index (Phi) is 3.06. The van der Waals surface area contributed by atoms with Gasteiger partial charge in [-0.25, -0.2) is 0 Å². The highest BCUT2D eigenvalue weighted by molar-refractivity contribution is 5.21. The molecule has 0 aliphatic heterocycles. The predicted octanol–water partition coefficient (Wildman–Crippen LogP) is 1.62. The van der Waals surface area contributed by atoms with Crippen molar-refractivity contribution in [1.29, 1.82) is 0 Å². The quantitative estimate of drug-likeness (QED) is 0.693. The first-order valence-corrected chi connectivity index (χ1v) is 4.40. The van der Waals surface area contributed by atoms with E-state index in [1.165, 1.54) is 0 Å². The zero-order valence-electron chi connectivity index (χ0n) is 7.79. The number of nitrogens with two attached hydrogens (primary N) is 1. The number of ether oxygens (including phenoxy) is 1. The summed E-state index contributed by atoms with van der Waals surface area (Å²) >= 11 is 0. The van der Waals surface area contributed by atoms with E-state index in [2.05, 4.69) is 19.1 Å². The van der Waals surface area contributed by atoms with Crippen LogP contribution in [-0.4, -0.2) is 18.8 Å². The molecular weight excluding hydrogens is 150 g/mol. The molecule has 68 valence electrons. The molecule has 2 unspecified atom stereocenters. The van der Waals surface area contributed by atoms with Gasteiger partial charge in [-0.15, -0.1) is 0 Å². The molecule has 0 saturated heterocycles. The smallest absolute Gasteiger partial charge is 0.105 e. The van der Waals surface area contributed by atoms with Crippen LogP contribution in [0, 0.1) is 0 Å². The van der Waals surface area contributed by atoms with Crippen LogP contribution in [0.1, 0.15) is 19.8 Å². The molecule has 1 aliphatic rings. The molecule has 0 aromatic rings. The van der Waals surface area contributed by atoms with Crippen molar-refractivity contribution in [1.82, 2.24) is 0 Å². The summed E-state index contributed by atoms with van der Waals surface area (Å²) in [6.07, 6.45) is 10.0. The molecule has 0 saturated carbocycles. The van der Waals surface area contributed by atoms with Gasteiger partial charge in [-0.05, 0) is 12.8 Å². The lowest BCUT2D eigenvalue weighted by Crippen LogP contribution is -2.47. The van der Waals surface area contributed by atoms with E-state index < -0.39 is 0 Å². The average Bonchev–Trinajstić information content (AvgIpc) is 2.17. The molecule has 0 spiro atoms. The topological polar surface area (TPSA) is 35.2 Å². The third-order valence-corrected chi connectivity index (χ3v) is 2.51. The monoisotopic (exact) mass is 167 g/mol. The number of allylic oxidation sites excluding steroid dienone is 2. The third kappa shape index (κ3) is 1.59. The summed E-state index contributed by atoms with van der Waals surface area (Å²) < 4.78 is 5.47. The number of hydrogen-bond donors (Lipinski definition) is 1. The van der Waals surface area contributed by atoms with E-state index in [1.54, 1.807) is 7.11 Å². The van der Waals surface area contributed by atoms with Gasteiger partial charge in [0.15, 0.2) is 0 Å². The van der Waals surface area contributed by atoms with Gasteiger partial charge in [0.1, 0.15) is 5.60 Å². The second kappa shape index (κ2) is 3.87. The summed E-state index contributed by atoms with van der Waals surface area (Å²) in [5.74, 6) is 0. The minimum atomic E-state index is -0.260. The van der Waals surface area contributed by atoms with Crippen molar-refractivity contribution in [3.05, 3.63) is 24.3 Å². The summed E-state index contributed by atoms with van der Waals surface area (Å²) in [4.78, 5) is 0. The minimum absolute atomic E-state index is 0.0868. The van der Waals surface area contributed by atoms with Crippen LogP contribution in [0.5, 0.6) is 0 Å². The van der Waals surface area contributed by atoms with Crippen molar-refractivity contribution < 1.29 is 4.74 Å². The molecule has 1 aliphatic carbocycles. The summed E-state index contributed by atoms with van der Waals surface area (Å²) in [5, 5.41) is 0. The van der Waals surface area contributed by atoms with E-state index >= 15 is 0 Å². The Morgan fingerprint density at radius 1 is 1.58 bits per heavy atom. The first-order valence-electron chi connectivity index (χ1n) is 4.40. The van der Waals surface area contributed by atoms with Crippen LogP contribution in [-0.2, 0) is 4.74 Å². The molecule has 1 rings (SSSR count). The average molecular weight is 167 g/mol. The van der Waals surface area contributed by atoms with Crippen LogP contribution in [0.25, 0.3) is 0 Å². The highest BCUT2D eigenvalue weighted by Gasteiger charge is 2.32. The fraction of sp³-hybridized carbons (Fsp3) is 0.600. The van der Waals surface area contributed by atoms with Crippen LogP contribution in [0.2, 0.25) is 0 Å². The first kappa shape index (κ1) is 9.49. The lowest BCUT2D eigenvalue weighted by atomic mass is 9.86. The molecule has 2 heteroatoms. The van der Waals surface area contributed by atoms with E-state index in [0.717, 1.165) is 12.8 Å². The van der Waals surface area contributed by atoms with Gasteiger partial charge >= 0.3 is 0 Å². The van der Waals surface area contributed by atoms with Crippen LogP contribution in [0.3, 0.4) is 0 Å². The van der Waals surface area contributed by atoms with Gasteiger partial charge in [0.05, 0.1) is 0 Å². The Morgan fingerprint density at radius 2 is 2.33 bits per heavy atom. The molecule has 0 aromatic carbocycles. The molecule has 0 aromatic heterocycles. The summed E-state index contributed by atoms with van der Waals surface area (Å²) in [6, 6.07) is 0.0868.